The Hall–Kier alpha value is -4.12. The lowest BCUT2D eigenvalue weighted by molar-refractivity contribution is 0.457. The number of anilines is 3. The first-order valence-corrected chi connectivity index (χ1v) is 11.6. The van der Waals surface area contributed by atoms with Gasteiger partial charge >= 0.3 is 0 Å². The maximum absolute atomic E-state index is 11.2. The molecule has 0 unspecified atom stereocenters. The highest BCUT2D eigenvalue weighted by molar-refractivity contribution is 5.89. The number of benzene rings is 4. The fourth-order valence-corrected chi connectivity index (χ4v) is 4.21. The largest absolute Gasteiger partial charge is 0.508 e. The molecule has 35 heavy (non-hydrogen) atoms. The van der Waals surface area contributed by atoms with Gasteiger partial charge in [0.25, 0.3) is 0 Å². The van der Waals surface area contributed by atoms with Crippen molar-refractivity contribution in [2.45, 2.75) is 41.5 Å². The third-order valence-electron chi connectivity index (χ3n) is 6.38. The van der Waals surface area contributed by atoms with Gasteiger partial charge < -0.3 is 20.1 Å². The molecule has 0 aliphatic carbocycles. The van der Waals surface area contributed by atoms with Gasteiger partial charge in [-0.05, 0) is 99.2 Å². The van der Waals surface area contributed by atoms with Crippen molar-refractivity contribution in [3.8, 4) is 28.7 Å². The van der Waals surface area contributed by atoms with E-state index >= 15 is 0 Å². The van der Waals surface area contributed by atoms with Crippen LogP contribution in [0.2, 0.25) is 0 Å². The Bertz CT molecular complexity index is 1370. The third kappa shape index (κ3) is 4.37. The van der Waals surface area contributed by atoms with Crippen LogP contribution in [-0.2, 0) is 0 Å². The molecule has 0 heterocycles. The number of phenolic OH excluding ortho intramolecular Hbond substituents is 3. The maximum atomic E-state index is 11.2. The van der Waals surface area contributed by atoms with Crippen LogP contribution in [0, 0.1) is 41.5 Å². The summed E-state index contributed by atoms with van der Waals surface area (Å²) < 4.78 is 6.40. The Morgan fingerprint density at radius 1 is 0.543 bits per heavy atom. The second-order valence-corrected chi connectivity index (χ2v) is 9.10. The lowest BCUT2D eigenvalue weighted by Gasteiger charge is -2.31. The van der Waals surface area contributed by atoms with E-state index in [1.165, 1.54) is 0 Å². The van der Waals surface area contributed by atoms with Gasteiger partial charge in [-0.1, -0.05) is 36.4 Å². The molecule has 3 N–H and O–H groups in total. The molecular weight excluding hydrogens is 438 g/mol. The fraction of sp³-hybridized carbons (Fsp3) is 0.200. The summed E-state index contributed by atoms with van der Waals surface area (Å²) in [4.78, 5) is 1.87. The van der Waals surface area contributed by atoms with Crippen molar-refractivity contribution in [1.29, 1.82) is 0 Å². The van der Waals surface area contributed by atoms with Crippen molar-refractivity contribution < 1.29 is 20.1 Å². The lowest BCUT2D eigenvalue weighted by atomic mass is 10.0. The van der Waals surface area contributed by atoms with Crippen molar-refractivity contribution in [1.82, 2.24) is 0 Å². The highest BCUT2D eigenvalue weighted by Gasteiger charge is 2.27. The van der Waals surface area contributed by atoms with E-state index in [1.807, 2.05) is 95.0 Å². The first-order valence-electron chi connectivity index (χ1n) is 11.6. The van der Waals surface area contributed by atoms with Gasteiger partial charge in [0.1, 0.15) is 23.0 Å². The number of nitrogens with zero attached hydrogens (tertiary/aromatic N) is 1. The molecule has 0 aliphatic rings. The Morgan fingerprint density at radius 2 is 1.06 bits per heavy atom. The first kappa shape index (κ1) is 24.0. The van der Waals surface area contributed by atoms with E-state index in [-0.39, 0.29) is 17.2 Å². The van der Waals surface area contributed by atoms with Crippen molar-refractivity contribution >= 4 is 17.1 Å². The third-order valence-corrected chi connectivity index (χ3v) is 6.38. The van der Waals surface area contributed by atoms with Crippen molar-refractivity contribution in [2.75, 3.05) is 4.90 Å². The molecule has 0 saturated carbocycles. The molecule has 4 aromatic rings. The number of aromatic hydroxyl groups is 3. The molecule has 180 valence electrons. The summed E-state index contributed by atoms with van der Waals surface area (Å²) in [6.07, 6.45) is 0. The van der Waals surface area contributed by atoms with E-state index in [4.69, 9.17) is 4.74 Å². The Morgan fingerprint density at radius 3 is 1.63 bits per heavy atom. The van der Waals surface area contributed by atoms with Gasteiger partial charge in [-0.3, -0.25) is 4.90 Å². The van der Waals surface area contributed by atoms with Crippen molar-refractivity contribution in [2.24, 2.45) is 0 Å². The Kier molecular flexibility index (Phi) is 6.35. The standard InChI is InChI=1S/C30H31NO4/c1-17-11-13-19(3)29(33)27(17)31(28-18(2)12-14-20(4)30(28)34)23-9-7-8-10-25(23)35-26-16-21(5)24(32)15-22(26)6/h7-16,32-34H,1-6H3. The molecule has 4 rings (SSSR count). The van der Waals surface area contributed by atoms with Crippen LogP contribution in [0.1, 0.15) is 33.4 Å². The van der Waals surface area contributed by atoms with Crippen LogP contribution in [0.25, 0.3) is 0 Å². The molecule has 0 spiro atoms. The van der Waals surface area contributed by atoms with Gasteiger partial charge in [0.15, 0.2) is 5.75 Å². The van der Waals surface area contributed by atoms with E-state index in [0.29, 0.717) is 34.1 Å². The van der Waals surface area contributed by atoms with Crippen molar-refractivity contribution in [3.05, 3.63) is 94.0 Å². The minimum absolute atomic E-state index is 0.136. The van der Waals surface area contributed by atoms with Gasteiger partial charge in [0, 0.05) is 0 Å². The summed E-state index contributed by atoms with van der Waals surface area (Å²) in [5.41, 5.74) is 6.45. The molecule has 0 amide bonds. The number of phenols is 3. The smallest absolute Gasteiger partial charge is 0.151 e. The van der Waals surface area contributed by atoms with Gasteiger partial charge in [0.05, 0.1) is 17.1 Å². The molecule has 4 aromatic carbocycles. The number of hydrogen-bond acceptors (Lipinski definition) is 5. The summed E-state index contributed by atoms with van der Waals surface area (Å²) in [5, 5.41) is 32.5. The van der Waals surface area contributed by atoms with E-state index in [9.17, 15) is 15.3 Å². The lowest BCUT2D eigenvalue weighted by Crippen LogP contribution is -2.15. The molecule has 0 bridgehead atoms. The van der Waals surface area contributed by atoms with E-state index < -0.39 is 0 Å². The van der Waals surface area contributed by atoms with Gasteiger partial charge in [-0.25, -0.2) is 0 Å². The summed E-state index contributed by atoms with van der Waals surface area (Å²) in [5.74, 6) is 1.64. The highest BCUT2D eigenvalue weighted by atomic mass is 16.5. The Balaban J connectivity index is 2.01. The molecule has 5 heteroatoms. The van der Waals surface area contributed by atoms with Crippen LogP contribution in [-0.4, -0.2) is 15.3 Å². The molecule has 0 saturated heterocycles. The minimum atomic E-state index is 0.136. The molecule has 5 nitrogen and oxygen atoms in total. The number of aryl methyl sites for hydroxylation is 6. The van der Waals surface area contributed by atoms with E-state index in [0.717, 1.165) is 27.8 Å². The number of ether oxygens (including phenoxy) is 1. The SMILES string of the molecule is Cc1cc(Oc2ccccc2N(c2c(C)ccc(C)c2O)c2c(C)ccc(C)c2O)c(C)cc1O. The summed E-state index contributed by atoms with van der Waals surface area (Å²) in [6.45, 7) is 11.3. The van der Waals surface area contributed by atoms with Crippen LogP contribution in [0.15, 0.2) is 60.7 Å². The van der Waals surface area contributed by atoms with Crippen LogP contribution in [0.3, 0.4) is 0 Å². The second-order valence-electron chi connectivity index (χ2n) is 9.10. The molecular formula is C30H31NO4. The van der Waals surface area contributed by atoms with Crippen molar-refractivity contribution in [3.63, 3.8) is 0 Å². The van der Waals surface area contributed by atoms with E-state index in [1.54, 1.807) is 12.1 Å². The number of para-hydroxylation sites is 2. The summed E-state index contributed by atoms with van der Waals surface area (Å²) >= 11 is 0. The maximum Gasteiger partial charge on any atom is 0.151 e. The second kappa shape index (κ2) is 9.26. The average Bonchev–Trinajstić information content (AvgIpc) is 2.82. The Labute approximate surface area is 206 Å². The zero-order valence-corrected chi connectivity index (χ0v) is 21.0. The number of hydrogen-bond donors (Lipinski definition) is 3. The van der Waals surface area contributed by atoms with Crippen LogP contribution >= 0.6 is 0 Å². The summed E-state index contributed by atoms with van der Waals surface area (Å²) in [6, 6.07) is 18.7. The van der Waals surface area contributed by atoms with Gasteiger partial charge in [-0.2, -0.15) is 0 Å². The van der Waals surface area contributed by atoms with E-state index in [2.05, 4.69) is 0 Å². The first-order chi connectivity index (χ1) is 16.6. The highest BCUT2D eigenvalue weighted by Crippen LogP contribution is 2.51. The molecule has 0 atom stereocenters. The van der Waals surface area contributed by atoms with Gasteiger partial charge in [0.2, 0.25) is 0 Å². The van der Waals surface area contributed by atoms with Crippen LogP contribution < -0.4 is 9.64 Å². The zero-order chi connectivity index (χ0) is 25.4. The molecule has 0 radical (unpaired) electrons. The molecule has 0 aliphatic heterocycles. The summed E-state index contributed by atoms with van der Waals surface area (Å²) in [7, 11) is 0. The van der Waals surface area contributed by atoms with Crippen LogP contribution in [0.5, 0.6) is 28.7 Å². The normalized spacial score (nSPS) is 10.9. The predicted molar refractivity (Wildman–Crippen MR) is 141 cm³/mol. The predicted octanol–water partition coefficient (Wildman–Crippen LogP) is 7.92. The minimum Gasteiger partial charge on any atom is -0.508 e. The zero-order valence-electron chi connectivity index (χ0n) is 21.0. The molecule has 0 aromatic heterocycles. The van der Waals surface area contributed by atoms with Crippen LogP contribution in [0.4, 0.5) is 17.1 Å². The topological polar surface area (TPSA) is 73.2 Å². The molecule has 0 fully saturated rings. The average molecular weight is 470 g/mol. The number of rotatable bonds is 5. The fourth-order valence-electron chi connectivity index (χ4n) is 4.21. The monoisotopic (exact) mass is 469 g/mol. The van der Waals surface area contributed by atoms with Gasteiger partial charge in [-0.15, -0.1) is 0 Å². The quantitative estimate of drug-likeness (QED) is 0.277.